The SMILES string of the molecule is COc1ccc(CN(C(=O)CCCN(c2cccc(C)c2C)S(C)(=O)=O)C(C)C(=O)NC2CCCCC2)cc1. The maximum Gasteiger partial charge on any atom is 0.242 e. The van der Waals surface area contributed by atoms with Crippen LogP contribution in [0.2, 0.25) is 0 Å². The van der Waals surface area contributed by atoms with Crippen molar-refractivity contribution >= 4 is 27.5 Å². The Kier molecular flexibility index (Phi) is 10.8. The van der Waals surface area contributed by atoms with Gasteiger partial charge in [-0.3, -0.25) is 13.9 Å². The van der Waals surface area contributed by atoms with Crippen molar-refractivity contribution in [1.82, 2.24) is 10.2 Å². The number of benzene rings is 2. The van der Waals surface area contributed by atoms with Gasteiger partial charge in [0.2, 0.25) is 21.8 Å². The van der Waals surface area contributed by atoms with Gasteiger partial charge in [-0.05, 0) is 74.9 Å². The number of methoxy groups -OCH3 is 1. The summed E-state index contributed by atoms with van der Waals surface area (Å²) in [6.45, 7) is 6.05. The fraction of sp³-hybridized carbons (Fsp3) is 0.533. The van der Waals surface area contributed by atoms with E-state index in [1.165, 1.54) is 17.0 Å². The first kappa shape index (κ1) is 30.5. The molecule has 0 saturated heterocycles. The Bertz CT molecular complexity index is 1220. The molecule has 0 bridgehead atoms. The maximum atomic E-state index is 13.6. The normalized spacial score (nSPS) is 14.9. The molecule has 2 aromatic rings. The lowest BCUT2D eigenvalue weighted by atomic mass is 9.95. The number of amides is 2. The van der Waals surface area contributed by atoms with Crippen LogP contribution in [0.15, 0.2) is 42.5 Å². The molecule has 1 aliphatic rings. The number of hydrogen-bond acceptors (Lipinski definition) is 5. The van der Waals surface area contributed by atoms with E-state index in [1.807, 2.05) is 50.2 Å². The number of sulfonamides is 1. The van der Waals surface area contributed by atoms with Crippen molar-refractivity contribution in [2.24, 2.45) is 0 Å². The minimum Gasteiger partial charge on any atom is -0.497 e. The number of ether oxygens (including phenoxy) is 1. The number of carbonyl (C=O) groups is 2. The molecule has 214 valence electrons. The summed E-state index contributed by atoms with van der Waals surface area (Å²) < 4.78 is 31.9. The van der Waals surface area contributed by atoms with Crippen LogP contribution in [0.5, 0.6) is 5.75 Å². The van der Waals surface area contributed by atoms with Crippen molar-refractivity contribution in [3.63, 3.8) is 0 Å². The number of hydrogen-bond donors (Lipinski definition) is 1. The highest BCUT2D eigenvalue weighted by Gasteiger charge is 2.28. The highest BCUT2D eigenvalue weighted by Crippen LogP contribution is 2.26. The van der Waals surface area contributed by atoms with E-state index >= 15 is 0 Å². The van der Waals surface area contributed by atoms with Gasteiger partial charge in [0.05, 0.1) is 19.1 Å². The monoisotopic (exact) mass is 557 g/mol. The lowest BCUT2D eigenvalue weighted by molar-refractivity contribution is -0.141. The molecular formula is C30H43N3O5S. The lowest BCUT2D eigenvalue weighted by Gasteiger charge is -2.31. The van der Waals surface area contributed by atoms with Crippen LogP contribution >= 0.6 is 0 Å². The molecule has 2 amide bonds. The zero-order valence-electron chi connectivity index (χ0n) is 23.9. The van der Waals surface area contributed by atoms with Crippen LogP contribution in [0, 0.1) is 13.8 Å². The summed E-state index contributed by atoms with van der Waals surface area (Å²) in [6.07, 6.45) is 6.95. The number of nitrogens with zero attached hydrogens (tertiary/aromatic N) is 2. The standard InChI is InChI=1S/C30H43N3O5S/c1-22-11-9-14-28(23(22)2)33(39(5,36)37)20-10-15-29(34)32(21-25-16-18-27(38-4)19-17-25)24(3)30(35)31-26-12-7-6-8-13-26/h9,11,14,16-19,24,26H,6-8,10,12-13,15,20-21H2,1-5H3,(H,31,35). The average Bonchev–Trinajstić information content (AvgIpc) is 2.91. The molecule has 0 spiro atoms. The van der Waals surface area contributed by atoms with Gasteiger partial charge in [0.25, 0.3) is 0 Å². The van der Waals surface area contributed by atoms with E-state index in [0.717, 1.165) is 42.4 Å². The summed E-state index contributed by atoms with van der Waals surface area (Å²) in [6, 6.07) is 12.5. The van der Waals surface area contributed by atoms with Gasteiger partial charge >= 0.3 is 0 Å². The highest BCUT2D eigenvalue weighted by molar-refractivity contribution is 7.92. The Labute approximate surface area is 233 Å². The van der Waals surface area contributed by atoms with Crippen LogP contribution in [0.4, 0.5) is 5.69 Å². The van der Waals surface area contributed by atoms with Crippen LogP contribution in [-0.2, 0) is 26.2 Å². The minimum absolute atomic E-state index is 0.119. The van der Waals surface area contributed by atoms with Crippen LogP contribution in [0.3, 0.4) is 0 Å². The zero-order chi connectivity index (χ0) is 28.6. The van der Waals surface area contributed by atoms with Crippen LogP contribution in [0.1, 0.15) is 68.6 Å². The topological polar surface area (TPSA) is 96.0 Å². The van der Waals surface area contributed by atoms with Crippen molar-refractivity contribution in [3.05, 3.63) is 59.2 Å². The second-order valence-corrected chi connectivity index (χ2v) is 12.5. The third kappa shape index (κ3) is 8.46. The molecule has 1 atom stereocenters. The largest absolute Gasteiger partial charge is 0.497 e. The fourth-order valence-electron chi connectivity index (χ4n) is 5.07. The number of nitrogens with one attached hydrogen (secondary N) is 1. The molecule has 3 rings (SSSR count). The summed E-state index contributed by atoms with van der Waals surface area (Å²) in [5.74, 6) is 0.371. The van der Waals surface area contributed by atoms with Crippen molar-refractivity contribution < 1.29 is 22.7 Å². The fourth-order valence-corrected chi connectivity index (χ4v) is 6.08. The van der Waals surface area contributed by atoms with E-state index in [2.05, 4.69) is 5.32 Å². The molecule has 0 aliphatic heterocycles. The average molecular weight is 558 g/mol. The molecule has 1 saturated carbocycles. The van der Waals surface area contributed by atoms with E-state index in [4.69, 9.17) is 4.74 Å². The van der Waals surface area contributed by atoms with Crippen LogP contribution in [0.25, 0.3) is 0 Å². The maximum absolute atomic E-state index is 13.6. The molecule has 1 unspecified atom stereocenters. The van der Waals surface area contributed by atoms with Gasteiger partial charge in [0.15, 0.2) is 0 Å². The van der Waals surface area contributed by atoms with Crippen LogP contribution < -0.4 is 14.4 Å². The smallest absolute Gasteiger partial charge is 0.242 e. The molecule has 39 heavy (non-hydrogen) atoms. The van der Waals surface area contributed by atoms with Gasteiger partial charge in [-0.2, -0.15) is 0 Å². The van der Waals surface area contributed by atoms with Crippen molar-refractivity contribution in [2.45, 2.75) is 84.3 Å². The third-order valence-electron chi connectivity index (χ3n) is 7.63. The van der Waals surface area contributed by atoms with Crippen molar-refractivity contribution in [3.8, 4) is 5.75 Å². The molecular weight excluding hydrogens is 514 g/mol. The van der Waals surface area contributed by atoms with Gasteiger partial charge in [-0.25, -0.2) is 8.42 Å². The lowest BCUT2D eigenvalue weighted by Crippen LogP contribution is -2.50. The Morgan fingerprint density at radius 3 is 2.33 bits per heavy atom. The Morgan fingerprint density at radius 1 is 1.05 bits per heavy atom. The number of aryl methyl sites for hydroxylation is 1. The second-order valence-electron chi connectivity index (χ2n) is 10.5. The molecule has 1 N–H and O–H groups in total. The van der Waals surface area contributed by atoms with Gasteiger partial charge in [0.1, 0.15) is 11.8 Å². The summed E-state index contributed by atoms with van der Waals surface area (Å²) in [4.78, 5) is 28.4. The number of carbonyl (C=O) groups excluding carboxylic acids is 2. The van der Waals surface area contributed by atoms with Gasteiger partial charge in [-0.1, -0.05) is 43.5 Å². The summed E-state index contributed by atoms with van der Waals surface area (Å²) in [5, 5.41) is 3.14. The van der Waals surface area contributed by atoms with E-state index in [-0.39, 0.29) is 37.4 Å². The van der Waals surface area contributed by atoms with Crippen molar-refractivity contribution in [1.29, 1.82) is 0 Å². The highest BCUT2D eigenvalue weighted by atomic mass is 32.2. The molecule has 0 aromatic heterocycles. The van der Waals surface area contributed by atoms with E-state index in [0.29, 0.717) is 17.9 Å². The third-order valence-corrected chi connectivity index (χ3v) is 8.81. The van der Waals surface area contributed by atoms with E-state index in [9.17, 15) is 18.0 Å². The van der Waals surface area contributed by atoms with Gasteiger partial charge in [0, 0.05) is 25.6 Å². The summed E-state index contributed by atoms with van der Waals surface area (Å²) in [5.41, 5.74) is 3.40. The number of anilines is 1. The van der Waals surface area contributed by atoms with Crippen LogP contribution in [-0.4, -0.2) is 57.1 Å². The van der Waals surface area contributed by atoms with E-state index in [1.54, 1.807) is 25.0 Å². The summed E-state index contributed by atoms with van der Waals surface area (Å²) in [7, 11) is -1.95. The first-order chi connectivity index (χ1) is 18.5. The molecule has 9 heteroatoms. The van der Waals surface area contributed by atoms with E-state index < -0.39 is 16.1 Å². The summed E-state index contributed by atoms with van der Waals surface area (Å²) >= 11 is 0. The molecule has 1 aliphatic carbocycles. The predicted octanol–water partition coefficient (Wildman–Crippen LogP) is 4.72. The minimum atomic E-state index is -3.54. The van der Waals surface area contributed by atoms with Crippen molar-refractivity contribution in [2.75, 3.05) is 24.2 Å². The molecule has 2 aromatic carbocycles. The predicted molar refractivity (Wildman–Crippen MR) is 155 cm³/mol. The molecule has 8 nitrogen and oxygen atoms in total. The number of rotatable bonds is 12. The Morgan fingerprint density at radius 2 is 1.72 bits per heavy atom. The Balaban J connectivity index is 1.74. The molecule has 0 heterocycles. The quantitative estimate of drug-likeness (QED) is 0.407. The molecule has 1 fully saturated rings. The zero-order valence-corrected chi connectivity index (χ0v) is 24.7. The second kappa shape index (κ2) is 13.8. The van der Waals surface area contributed by atoms with Gasteiger partial charge in [-0.15, -0.1) is 0 Å². The first-order valence-corrected chi connectivity index (χ1v) is 15.6. The molecule has 0 radical (unpaired) electrons. The van der Waals surface area contributed by atoms with Gasteiger partial charge < -0.3 is 15.0 Å². The Hall–Kier alpha value is -3.07. The first-order valence-electron chi connectivity index (χ1n) is 13.8.